The molecule has 2 unspecified atom stereocenters. The third-order valence-corrected chi connectivity index (χ3v) is 6.77. The van der Waals surface area contributed by atoms with Crippen molar-refractivity contribution in [1.82, 2.24) is 20.0 Å². The minimum Gasteiger partial charge on any atom is -0.463 e. The monoisotopic (exact) mass is 641 g/mol. The third-order valence-electron chi connectivity index (χ3n) is 5.60. The van der Waals surface area contributed by atoms with Crippen LogP contribution in [0.3, 0.4) is 0 Å². The molecular formula is C26H26F3N5O9S. The predicted molar refractivity (Wildman–Crippen MR) is 144 cm³/mol. The smallest absolute Gasteiger partial charge is 0.364 e. The summed E-state index contributed by atoms with van der Waals surface area (Å²) in [6.45, 7) is 4.22. The number of hydrogen-bond acceptors (Lipinski definition) is 13. The SMILES string of the molecule is CC(=O)OCC(OC(Sc1ccnc([N+](=O)[O-])c1)[C@H](Cn1cc(-c2cc(F)c(F)c(F)c2)nn1)OC(C)=O)[C@@H](C)OC(C)=O. The standard InChI is InChI=1S/C26H26F3N5O9S/c1-13(41-15(3)36)23(12-40-14(2)35)43-26(44-18-5-6-30-24(9-18)34(38)39)22(42-16(4)37)11-33-10-21(31-32-33)17-7-19(27)25(29)20(28)8-17/h5-10,13,22-23,26H,11-12H2,1-4H3/t13-,22+,23?,26?/m1/s1. The first kappa shape index (κ1) is 33.9. The quantitative estimate of drug-likeness (QED) is 0.0475. The number of carbonyl (C=O) groups is 3. The van der Waals surface area contributed by atoms with Crippen molar-refractivity contribution in [3.8, 4) is 11.3 Å². The molecule has 0 saturated carbocycles. The number of nitrogens with zero attached hydrogens (tertiary/aromatic N) is 5. The Bertz CT molecular complexity index is 1500. The molecule has 1 aromatic carbocycles. The van der Waals surface area contributed by atoms with E-state index < -0.39 is 69.8 Å². The fourth-order valence-corrected chi connectivity index (χ4v) is 4.77. The lowest BCUT2D eigenvalue weighted by atomic mass is 10.1. The van der Waals surface area contributed by atoms with E-state index in [4.69, 9.17) is 18.9 Å². The van der Waals surface area contributed by atoms with Crippen molar-refractivity contribution in [3.63, 3.8) is 0 Å². The number of carbonyl (C=O) groups excluding carboxylic acids is 3. The number of benzene rings is 1. The van der Waals surface area contributed by atoms with Crippen LogP contribution in [0.4, 0.5) is 19.0 Å². The van der Waals surface area contributed by atoms with E-state index in [0.717, 1.165) is 55.4 Å². The molecule has 44 heavy (non-hydrogen) atoms. The van der Waals surface area contributed by atoms with Crippen molar-refractivity contribution in [1.29, 1.82) is 0 Å². The van der Waals surface area contributed by atoms with Crippen LogP contribution in [0.1, 0.15) is 27.7 Å². The summed E-state index contributed by atoms with van der Waals surface area (Å²) in [5.41, 5.74) is -1.40. The van der Waals surface area contributed by atoms with Gasteiger partial charge < -0.3 is 29.1 Å². The molecule has 3 aromatic rings. The maximum absolute atomic E-state index is 13.8. The maximum atomic E-state index is 13.8. The zero-order valence-corrected chi connectivity index (χ0v) is 24.5. The van der Waals surface area contributed by atoms with Gasteiger partial charge in [0.2, 0.25) is 0 Å². The number of ether oxygens (including phenoxy) is 4. The summed E-state index contributed by atoms with van der Waals surface area (Å²) in [5.74, 6) is -7.12. The van der Waals surface area contributed by atoms with Crippen molar-refractivity contribution in [2.75, 3.05) is 6.61 Å². The third kappa shape index (κ3) is 9.73. The van der Waals surface area contributed by atoms with E-state index in [1.54, 1.807) is 0 Å². The van der Waals surface area contributed by atoms with Crippen LogP contribution in [0, 0.1) is 27.6 Å². The van der Waals surface area contributed by atoms with Gasteiger partial charge in [-0.3, -0.25) is 14.4 Å². The first-order valence-corrected chi connectivity index (χ1v) is 13.6. The second-order valence-corrected chi connectivity index (χ2v) is 10.3. The Morgan fingerprint density at radius 3 is 2.27 bits per heavy atom. The zero-order valence-electron chi connectivity index (χ0n) is 23.6. The van der Waals surface area contributed by atoms with Gasteiger partial charge in [-0.2, -0.15) is 0 Å². The van der Waals surface area contributed by atoms with Gasteiger partial charge in [0.1, 0.15) is 36.1 Å². The molecule has 2 heterocycles. The number of hydrogen-bond donors (Lipinski definition) is 0. The Morgan fingerprint density at radius 2 is 1.68 bits per heavy atom. The van der Waals surface area contributed by atoms with E-state index in [1.165, 1.54) is 25.4 Å². The van der Waals surface area contributed by atoms with Gasteiger partial charge in [-0.15, -0.1) is 5.10 Å². The zero-order chi connectivity index (χ0) is 32.6. The van der Waals surface area contributed by atoms with E-state index in [2.05, 4.69) is 15.3 Å². The molecule has 0 bridgehead atoms. The number of nitro groups is 1. The first-order valence-electron chi connectivity index (χ1n) is 12.7. The van der Waals surface area contributed by atoms with Gasteiger partial charge in [0.05, 0.1) is 12.7 Å². The van der Waals surface area contributed by atoms with Gasteiger partial charge in [0.25, 0.3) is 0 Å². The molecule has 18 heteroatoms. The van der Waals surface area contributed by atoms with E-state index >= 15 is 0 Å². The largest absolute Gasteiger partial charge is 0.463 e. The molecule has 0 radical (unpaired) electrons. The molecule has 2 aromatic heterocycles. The van der Waals surface area contributed by atoms with Crippen molar-refractivity contribution in [3.05, 3.63) is 64.2 Å². The molecule has 0 spiro atoms. The van der Waals surface area contributed by atoms with E-state index in [1.807, 2.05) is 0 Å². The maximum Gasteiger partial charge on any atom is 0.364 e. The van der Waals surface area contributed by atoms with Crippen LogP contribution >= 0.6 is 11.8 Å². The number of aromatic nitrogens is 4. The van der Waals surface area contributed by atoms with Crippen LogP contribution in [0.15, 0.2) is 41.6 Å². The van der Waals surface area contributed by atoms with E-state index in [-0.39, 0.29) is 29.3 Å². The average Bonchev–Trinajstić information content (AvgIpc) is 3.40. The lowest BCUT2D eigenvalue weighted by Crippen LogP contribution is -2.43. The number of esters is 3. The van der Waals surface area contributed by atoms with Crippen molar-refractivity contribution in [2.24, 2.45) is 0 Å². The van der Waals surface area contributed by atoms with Crippen LogP contribution in [0.2, 0.25) is 0 Å². The van der Waals surface area contributed by atoms with Crippen LogP contribution in [-0.4, -0.2) is 73.2 Å². The highest BCUT2D eigenvalue weighted by Gasteiger charge is 2.34. The van der Waals surface area contributed by atoms with Crippen molar-refractivity contribution < 1.29 is 51.4 Å². The van der Waals surface area contributed by atoms with Gasteiger partial charge in [-0.05, 0) is 35.0 Å². The number of pyridine rings is 1. The summed E-state index contributed by atoms with van der Waals surface area (Å²) in [5, 5.41) is 19.0. The van der Waals surface area contributed by atoms with E-state index in [9.17, 15) is 37.7 Å². The molecule has 0 aliphatic rings. The second kappa shape index (κ2) is 15.2. The fraction of sp³-hybridized carbons (Fsp3) is 0.385. The van der Waals surface area contributed by atoms with Crippen LogP contribution in [0.5, 0.6) is 0 Å². The minimum atomic E-state index is -1.66. The lowest BCUT2D eigenvalue weighted by molar-refractivity contribution is -0.389. The van der Waals surface area contributed by atoms with Gasteiger partial charge in [0, 0.05) is 37.3 Å². The average molecular weight is 642 g/mol. The highest BCUT2D eigenvalue weighted by Crippen LogP contribution is 2.32. The van der Waals surface area contributed by atoms with Crippen LogP contribution in [0.25, 0.3) is 11.3 Å². The number of thioether (sulfide) groups is 1. The summed E-state index contributed by atoms with van der Waals surface area (Å²) in [4.78, 5) is 49.9. The molecule has 14 nitrogen and oxygen atoms in total. The molecule has 0 N–H and O–H groups in total. The lowest BCUT2D eigenvalue weighted by Gasteiger charge is -2.32. The molecule has 236 valence electrons. The number of rotatable bonds is 14. The summed E-state index contributed by atoms with van der Waals surface area (Å²) >= 11 is 0.870. The van der Waals surface area contributed by atoms with Gasteiger partial charge in [0.15, 0.2) is 23.6 Å². The van der Waals surface area contributed by atoms with E-state index in [0.29, 0.717) is 0 Å². The van der Waals surface area contributed by atoms with Crippen molar-refractivity contribution >= 4 is 35.5 Å². The molecule has 4 atom stereocenters. The molecule has 3 rings (SSSR count). The molecule has 0 aliphatic carbocycles. The molecule has 0 saturated heterocycles. The highest BCUT2D eigenvalue weighted by atomic mass is 32.2. The van der Waals surface area contributed by atoms with Gasteiger partial charge in [-0.25, -0.2) is 17.9 Å². The second-order valence-electron chi connectivity index (χ2n) is 9.11. The Balaban J connectivity index is 2.00. The summed E-state index contributed by atoms with van der Waals surface area (Å²) < 4.78 is 64.2. The van der Waals surface area contributed by atoms with Crippen LogP contribution in [-0.2, 0) is 39.9 Å². The summed E-state index contributed by atoms with van der Waals surface area (Å²) in [7, 11) is 0. The van der Waals surface area contributed by atoms with Gasteiger partial charge >= 0.3 is 23.7 Å². The highest BCUT2D eigenvalue weighted by molar-refractivity contribution is 7.99. The number of halogens is 3. The Morgan fingerprint density at radius 1 is 1.02 bits per heavy atom. The molecule has 0 aliphatic heterocycles. The summed E-state index contributed by atoms with van der Waals surface area (Å²) in [6.07, 6.45) is -0.918. The Kier molecular flexibility index (Phi) is 11.7. The minimum absolute atomic E-state index is 0.0459. The van der Waals surface area contributed by atoms with Crippen molar-refractivity contribution in [2.45, 2.75) is 62.9 Å². The molecular weight excluding hydrogens is 615 g/mol. The summed E-state index contributed by atoms with van der Waals surface area (Å²) in [6, 6.07) is 4.03. The predicted octanol–water partition coefficient (Wildman–Crippen LogP) is 3.62. The Hall–Kier alpha value is -4.58. The molecule has 0 fully saturated rings. The fourth-order valence-electron chi connectivity index (χ4n) is 3.69. The van der Waals surface area contributed by atoms with Gasteiger partial charge in [-0.1, -0.05) is 17.0 Å². The normalized spacial score (nSPS) is 13.8. The van der Waals surface area contributed by atoms with Crippen LogP contribution < -0.4 is 0 Å². The molecule has 0 amide bonds. The Labute approximate surface area is 252 Å². The first-order chi connectivity index (χ1) is 20.7. The topological polar surface area (TPSA) is 175 Å².